The molecule has 0 atom stereocenters. The van der Waals surface area contributed by atoms with Crippen LogP contribution in [0.5, 0.6) is 11.5 Å². The van der Waals surface area contributed by atoms with E-state index in [0.717, 1.165) is 24.6 Å². The molecule has 1 fully saturated rings. The SMILES string of the molecule is CN=C(NCC1(Cc2ccccc2)CC1)Nc1ccc(OC)c(OC)c1.I. The van der Waals surface area contributed by atoms with Crippen molar-refractivity contribution >= 4 is 35.6 Å². The zero-order chi connectivity index (χ0) is 18.4. The van der Waals surface area contributed by atoms with Crippen LogP contribution in [0.3, 0.4) is 0 Å². The van der Waals surface area contributed by atoms with Crippen LogP contribution in [0, 0.1) is 5.41 Å². The predicted molar refractivity (Wildman–Crippen MR) is 122 cm³/mol. The molecular weight excluding hydrogens is 453 g/mol. The summed E-state index contributed by atoms with van der Waals surface area (Å²) in [7, 11) is 5.05. The fourth-order valence-corrected chi connectivity index (χ4v) is 3.12. The maximum Gasteiger partial charge on any atom is 0.195 e. The third kappa shape index (κ3) is 5.76. The highest BCUT2D eigenvalue weighted by atomic mass is 127. The van der Waals surface area contributed by atoms with Gasteiger partial charge >= 0.3 is 0 Å². The van der Waals surface area contributed by atoms with Gasteiger partial charge < -0.3 is 20.1 Å². The molecule has 1 aliphatic carbocycles. The largest absolute Gasteiger partial charge is 0.493 e. The number of halogens is 1. The zero-order valence-corrected chi connectivity index (χ0v) is 18.4. The maximum atomic E-state index is 5.36. The first-order valence-corrected chi connectivity index (χ1v) is 8.92. The second-order valence-electron chi connectivity index (χ2n) is 6.78. The molecule has 1 aliphatic rings. The molecular formula is C21H28IN3O2. The van der Waals surface area contributed by atoms with Crippen molar-refractivity contribution in [2.24, 2.45) is 10.4 Å². The van der Waals surface area contributed by atoms with E-state index in [4.69, 9.17) is 9.47 Å². The molecule has 146 valence electrons. The van der Waals surface area contributed by atoms with Crippen molar-refractivity contribution in [1.82, 2.24) is 5.32 Å². The van der Waals surface area contributed by atoms with E-state index in [0.29, 0.717) is 16.9 Å². The second kappa shape index (κ2) is 9.82. The lowest BCUT2D eigenvalue weighted by Crippen LogP contribution is -2.36. The fourth-order valence-electron chi connectivity index (χ4n) is 3.12. The smallest absolute Gasteiger partial charge is 0.195 e. The van der Waals surface area contributed by atoms with Crippen molar-refractivity contribution in [2.45, 2.75) is 19.3 Å². The second-order valence-corrected chi connectivity index (χ2v) is 6.78. The maximum absolute atomic E-state index is 5.36. The number of methoxy groups -OCH3 is 2. The van der Waals surface area contributed by atoms with Crippen LogP contribution in [-0.2, 0) is 6.42 Å². The Kier molecular flexibility index (Phi) is 7.77. The molecule has 0 bridgehead atoms. The molecule has 5 nitrogen and oxygen atoms in total. The lowest BCUT2D eigenvalue weighted by Gasteiger charge is -2.19. The molecule has 6 heteroatoms. The van der Waals surface area contributed by atoms with Crippen molar-refractivity contribution in [3.63, 3.8) is 0 Å². The minimum absolute atomic E-state index is 0. The van der Waals surface area contributed by atoms with E-state index in [-0.39, 0.29) is 24.0 Å². The normalized spacial score (nSPS) is 14.7. The number of aliphatic imine (C=N–C) groups is 1. The Labute approximate surface area is 178 Å². The van der Waals surface area contributed by atoms with Crippen molar-refractivity contribution in [3.05, 3.63) is 54.1 Å². The van der Waals surface area contributed by atoms with Gasteiger partial charge in [0, 0.05) is 25.3 Å². The van der Waals surface area contributed by atoms with Gasteiger partial charge in [-0.15, -0.1) is 24.0 Å². The van der Waals surface area contributed by atoms with Gasteiger partial charge in [0.2, 0.25) is 0 Å². The molecule has 2 aromatic carbocycles. The number of hydrogen-bond acceptors (Lipinski definition) is 3. The van der Waals surface area contributed by atoms with Gasteiger partial charge in [-0.25, -0.2) is 0 Å². The number of nitrogens with zero attached hydrogens (tertiary/aromatic N) is 1. The van der Waals surface area contributed by atoms with Gasteiger partial charge in [0.1, 0.15) is 0 Å². The number of hydrogen-bond donors (Lipinski definition) is 2. The van der Waals surface area contributed by atoms with Crippen molar-refractivity contribution in [2.75, 3.05) is 33.1 Å². The molecule has 0 unspecified atom stereocenters. The predicted octanol–water partition coefficient (Wildman–Crippen LogP) is 4.33. The minimum Gasteiger partial charge on any atom is -0.493 e. The molecule has 2 aromatic rings. The summed E-state index contributed by atoms with van der Waals surface area (Å²) in [6, 6.07) is 16.4. The molecule has 0 amide bonds. The van der Waals surface area contributed by atoms with Gasteiger partial charge in [0.25, 0.3) is 0 Å². The zero-order valence-electron chi connectivity index (χ0n) is 16.1. The molecule has 0 spiro atoms. The first kappa shape index (κ1) is 21.3. The molecule has 1 saturated carbocycles. The average Bonchev–Trinajstić information content (AvgIpc) is 3.45. The van der Waals surface area contributed by atoms with Gasteiger partial charge in [-0.3, -0.25) is 4.99 Å². The Morgan fingerprint density at radius 2 is 1.74 bits per heavy atom. The Bertz CT molecular complexity index is 761. The summed E-state index contributed by atoms with van der Waals surface area (Å²) in [5, 5.41) is 6.80. The van der Waals surface area contributed by atoms with Gasteiger partial charge in [0.05, 0.1) is 14.2 Å². The minimum atomic E-state index is 0. The van der Waals surface area contributed by atoms with Crippen molar-refractivity contribution in [1.29, 1.82) is 0 Å². The Balaban J connectivity index is 0.00000261. The van der Waals surface area contributed by atoms with E-state index < -0.39 is 0 Å². The van der Waals surface area contributed by atoms with Crippen LogP contribution in [0.1, 0.15) is 18.4 Å². The summed E-state index contributed by atoms with van der Waals surface area (Å²) in [6.07, 6.45) is 3.61. The van der Waals surface area contributed by atoms with E-state index in [1.54, 1.807) is 21.3 Å². The lowest BCUT2D eigenvalue weighted by atomic mass is 9.96. The topological polar surface area (TPSA) is 54.9 Å². The standard InChI is InChI=1S/C21H27N3O2.HI/c1-22-20(24-17-9-10-18(25-2)19(13-17)26-3)23-15-21(11-12-21)14-16-7-5-4-6-8-16;/h4-10,13H,11-12,14-15H2,1-3H3,(H2,22,23,24);1H. The van der Waals surface area contributed by atoms with Crippen LogP contribution < -0.4 is 20.1 Å². The number of nitrogens with one attached hydrogen (secondary N) is 2. The quantitative estimate of drug-likeness (QED) is 0.351. The third-order valence-electron chi connectivity index (χ3n) is 4.88. The van der Waals surface area contributed by atoms with Gasteiger partial charge in [0.15, 0.2) is 17.5 Å². The summed E-state index contributed by atoms with van der Waals surface area (Å²) in [5.74, 6) is 2.16. The first-order chi connectivity index (χ1) is 12.7. The third-order valence-corrected chi connectivity index (χ3v) is 4.88. The molecule has 2 N–H and O–H groups in total. The van der Waals surface area contributed by atoms with Crippen molar-refractivity contribution in [3.8, 4) is 11.5 Å². The number of ether oxygens (including phenoxy) is 2. The molecule has 0 aromatic heterocycles. The molecule has 0 aliphatic heterocycles. The van der Waals surface area contributed by atoms with Crippen LogP contribution in [0.25, 0.3) is 0 Å². The van der Waals surface area contributed by atoms with Gasteiger partial charge in [-0.1, -0.05) is 30.3 Å². The number of anilines is 1. The highest BCUT2D eigenvalue weighted by molar-refractivity contribution is 14.0. The van der Waals surface area contributed by atoms with E-state index in [2.05, 4.69) is 46.0 Å². The summed E-state index contributed by atoms with van der Waals surface area (Å²) >= 11 is 0. The van der Waals surface area contributed by atoms with Gasteiger partial charge in [-0.05, 0) is 42.4 Å². The summed E-state index contributed by atoms with van der Waals surface area (Å²) in [4.78, 5) is 4.34. The summed E-state index contributed by atoms with van der Waals surface area (Å²) < 4.78 is 10.6. The Morgan fingerprint density at radius 1 is 1.04 bits per heavy atom. The van der Waals surface area contributed by atoms with Crippen LogP contribution >= 0.6 is 24.0 Å². The average molecular weight is 481 g/mol. The van der Waals surface area contributed by atoms with E-state index in [9.17, 15) is 0 Å². The Hall–Kier alpha value is -1.96. The van der Waals surface area contributed by atoms with E-state index in [1.807, 2.05) is 18.2 Å². The molecule has 3 rings (SSSR count). The molecule has 0 radical (unpaired) electrons. The Morgan fingerprint density at radius 3 is 2.33 bits per heavy atom. The lowest BCUT2D eigenvalue weighted by molar-refractivity contribution is 0.355. The highest BCUT2D eigenvalue weighted by Crippen LogP contribution is 2.47. The van der Waals surface area contributed by atoms with Crippen LogP contribution in [0.4, 0.5) is 5.69 Å². The summed E-state index contributed by atoms with van der Waals surface area (Å²) in [6.45, 7) is 0.912. The molecule has 0 saturated heterocycles. The van der Waals surface area contributed by atoms with Crippen LogP contribution in [0.2, 0.25) is 0 Å². The van der Waals surface area contributed by atoms with Crippen LogP contribution in [-0.4, -0.2) is 33.8 Å². The highest BCUT2D eigenvalue weighted by Gasteiger charge is 2.42. The van der Waals surface area contributed by atoms with E-state index in [1.165, 1.54) is 18.4 Å². The first-order valence-electron chi connectivity index (χ1n) is 8.92. The van der Waals surface area contributed by atoms with Gasteiger partial charge in [-0.2, -0.15) is 0 Å². The number of benzene rings is 2. The molecule has 0 heterocycles. The monoisotopic (exact) mass is 481 g/mol. The van der Waals surface area contributed by atoms with Crippen molar-refractivity contribution < 1.29 is 9.47 Å². The summed E-state index contributed by atoms with van der Waals surface area (Å²) in [5.41, 5.74) is 2.65. The number of guanidine groups is 1. The fraction of sp³-hybridized carbons (Fsp3) is 0.381. The van der Waals surface area contributed by atoms with E-state index >= 15 is 0 Å². The number of rotatable bonds is 7. The van der Waals surface area contributed by atoms with Crippen LogP contribution in [0.15, 0.2) is 53.5 Å². The molecule has 27 heavy (non-hydrogen) atoms.